The molecule has 0 heterocycles. The summed E-state index contributed by atoms with van der Waals surface area (Å²) >= 11 is 0. The lowest BCUT2D eigenvalue weighted by Crippen LogP contribution is -2.54. The van der Waals surface area contributed by atoms with E-state index in [9.17, 15) is 9.59 Å². The zero-order valence-corrected chi connectivity index (χ0v) is 16.1. The number of rotatable bonds is 3. The topological polar surface area (TPSA) is 43.4 Å². The average Bonchev–Trinajstić information content (AvgIpc) is 2.93. The molecular weight excluding hydrogens is 312 g/mol. The Balaban J connectivity index is 1.56. The monoisotopic (exact) mass is 346 g/mol. The van der Waals surface area contributed by atoms with Crippen LogP contribution < -0.4 is 0 Å². The molecular formula is C22H34O3. The smallest absolute Gasteiger partial charge is 0.293 e. The highest BCUT2D eigenvalue weighted by Crippen LogP contribution is 2.67. The Morgan fingerprint density at radius 1 is 0.960 bits per heavy atom. The maximum atomic E-state index is 12.2. The lowest BCUT2D eigenvalue weighted by atomic mass is 9.44. The van der Waals surface area contributed by atoms with Crippen molar-refractivity contribution in [3.05, 3.63) is 0 Å². The van der Waals surface area contributed by atoms with E-state index in [0.29, 0.717) is 29.5 Å². The van der Waals surface area contributed by atoms with Crippen molar-refractivity contribution in [1.82, 2.24) is 0 Å². The molecule has 0 saturated heterocycles. The van der Waals surface area contributed by atoms with Crippen LogP contribution in [-0.4, -0.2) is 18.4 Å². The predicted octanol–water partition coefficient (Wildman–Crippen LogP) is 4.78. The molecule has 0 spiro atoms. The molecule has 3 nitrogen and oxygen atoms in total. The van der Waals surface area contributed by atoms with Crippen molar-refractivity contribution in [1.29, 1.82) is 0 Å². The molecule has 4 aliphatic carbocycles. The second kappa shape index (κ2) is 6.09. The molecule has 0 N–H and O–H groups in total. The molecule has 0 aliphatic heterocycles. The SMILES string of the molecule is CC(=O)C1CCC2C3CCC4CC(OC=O)CCC4(C)C3CCC12C. The van der Waals surface area contributed by atoms with Gasteiger partial charge in [-0.25, -0.2) is 0 Å². The largest absolute Gasteiger partial charge is 0.465 e. The fourth-order valence-electron chi connectivity index (χ4n) is 8.09. The van der Waals surface area contributed by atoms with Crippen molar-refractivity contribution < 1.29 is 14.3 Å². The molecule has 0 radical (unpaired) electrons. The summed E-state index contributed by atoms with van der Waals surface area (Å²) in [5.74, 6) is 3.82. The number of Topliss-reactive ketones (excluding diaryl/α,β-unsaturated/α-hetero) is 1. The van der Waals surface area contributed by atoms with Gasteiger partial charge in [0.25, 0.3) is 6.47 Å². The van der Waals surface area contributed by atoms with Crippen molar-refractivity contribution in [3.63, 3.8) is 0 Å². The number of hydrogen-bond acceptors (Lipinski definition) is 3. The fraction of sp³-hybridized carbons (Fsp3) is 0.909. The van der Waals surface area contributed by atoms with Gasteiger partial charge in [0.1, 0.15) is 11.9 Å². The van der Waals surface area contributed by atoms with Crippen LogP contribution >= 0.6 is 0 Å². The van der Waals surface area contributed by atoms with Gasteiger partial charge in [0.2, 0.25) is 0 Å². The highest BCUT2D eigenvalue weighted by molar-refractivity contribution is 5.79. The second-order valence-electron chi connectivity index (χ2n) is 10.1. The summed E-state index contributed by atoms with van der Waals surface area (Å²) in [7, 11) is 0. The summed E-state index contributed by atoms with van der Waals surface area (Å²) in [6, 6.07) is 0. The third kappa shape index (κ3) is 2.51. The van der Waals surface area contributed by atoms with E-state index in [1.54, 1.807) is 0 Å². The highest BCUT2D eigenvalue weighted by Gasteiger charge is 2.60. The van der Waals surface area contributed by atoms with Gasteiger partial charge in [-0.2, -0.15) is 0 Å². The number of fused-ring (bicyclic) bond motifs is 5. The number of carbonyl (C=O) groups is 2. The summed E-state index contributed by atoms with van der Waals surface area (Å²) in [5.41, 5.74) is 0.676. The number of ketones is 1. The van der Waals surface area contributed by atoms with Gasteiger partial charge in [-0.15, -0.1) is 0 Å². The predicted molar refractivity (Wildman–Crippen MR) is 96.8 cm³/mol. The van der Waals surface area contributed by atoms with Gasteiger partial charge in [0.15, 0.2) is 0 Å². The third-order valence-electron chi connectivity index (χ3n) is 9.36. The quantitative estimate of drug-likeness (QED) is 0.691. The minimum Gasteiger partial charge on any atom is -0.465 e. The molecule has 4 rings (SSSR count). The van der Waals surface area contributed by atoms with E-state index < -0.39 is 0 Å². The van der Waals surface area contributed by atoms with Gasteiger partial charge >= 0.3 is 0 Å². The third-order valence-corrected chi connectivity index (χ3v) is 9.36. The average molecular weight is 347 g/mol. The summed E-state index contributed by atoms with van der Waals surface area (Å²) in [4.78, 5) is 22.9. The molecule has 0 aromatic rings. The van der Waals surface area contributed by atoms with E-state index in [0.717, 1.165) is 37.0 Å². The Hall–Kier alpha value is -0.860. The molecule has 0 amide bonds. The van der Waals surface area contributed by atoms with E-state index in [-0.39, 0.29) is 11.5 Å². The van der Waals surface area contributed by atoms with Crippen LogP contribution in [0.1, 0.15) is 78.6 Å². The summed E-state index contributed by atoms with van der Waals surface area (Å²) in [6.07, 6.45) is 11.0. The molecule has 0 aromatic heterocycles. The van der Waals surface area contributed by atoms with Crippen LogP contribution in [0.5, 0.6) is 0 Å². The Morgan fingerprint density at radius 3 is 2.40 bits per heavy atom. The van der Waals surface area contributed by atoms with Crippen LogP contribution in [-0.2, 0) is 14.3 Å². The molecule has 3 heteroatoms. The Labute approximate surface area is 152 Å². The second-order valence-corrected chi connectivity index (χ2v) is 10.1. The molecule has 8 atom stereocenters. The van der Waals surface area contributed by atoms with Gasteiger partial charge in [-0.1, -0.05) is 13.8 Å². The van der Waals surface area contributed by atoms with E-state index in [1.165, 1.54) is 38.5 Å². The van der Waals surface area contributed by atoms with Crippen LogP contribution in [0.2, 0.25) is 0 Å². The van der Waals surface area contributed by atoms with Crippen molar-refractivity contribution >= 4 is 12.3 Å². The van der Waals surface area contributed by atoms with Crippen molar-refractivity contribution in [2.45, 2.75) is 84.7 Å². The number of hydrogen-bond donors (Lipinski definition) is 0. The first kappa shape index (κ1) is 17.5. The molecule has 0 bridgehead atoms. The Morgan fingerprint density at radius 2 is 1.68 bits per heavy atom. The Kier molecular flexibility index (Phi) is 4.28. The van der Waals surface area contributed by atoms with Gasteiger partial charge < -0.3 is 4.74 Å². The standard InChI is InChI=1S/C22H34O3/c1-14(24)18-6-7-19-17-5-4-15-12-16(25-13-23)8-10-21(15,2)20(17)9-11-22(18,19)3/h13,15-20H,4-12H2,1-3H3. The fourth-order valence-corrected chi connectivity index (χ4v) is 8.09. The summed E-state index contributed by atoms with van der Waals surface area (Å²) < 4.78 is 5.32. The zero-order chi connectivity index (χ0) is 17.8. The maximum absolute atomic E-state index is 12.2. The molecule has 8 unspecified atom stereocenters. The molecule has 4 saturated carbocycles. The highest BCUT2D eigenvalue weighted by atomic mass is 16.5. The number of ether oxygens (including phenoxy) is 1. The van der Waals surface area contributed by atoms with Gasteiger partial charge in [-0.3, -0.25) is 9.59 Å². The lowest BCUT2D eigenvalue weighted by molar-refractivity contribution is -0.152. The van der Waals surface area contributed by atoms with E-state index in [4.69, 9.17) is 4.74 Å². The Bertz CT molecular complexity index is 557. The first-order valence-electron chi connectivity index (χ1n) is 10.5. The first-order chi connectivity index (χ1) is 11.9. The molecule has 0 aromatic carbocycles. The van der Waals surface area contributed by atoms with Gasteiger partial charge in [0.05, 0.1) is 0 Å². The van der Waals surface area contributed by atoms with Crippen LogP contribution in [0.25, 0.3) is 0 Å². The van der Waals surface area contributed by atoms with Crippen LogP contribution in [0.3, 0.4) is 0 Å². The minimum absolute atomic E-state index is 0.148. The minimum atomic E-state index is 0.148. The van der Waals surface area contributed by atoms with Crippen molar-refractivity contribution in [3.8, 4) is 0 Å². The summed E-state index contributed by atoms with van der Waals surface area (Å²) in [6.45, 7) is 7.42. The molecule has 4 aliphatic rings. The zero-order valence-electron chi connectivity index (χ0n) is 16.1. The molecule has 25 heavy (non-hydrogen) atoms. The van der Waals surface area contributed by atoms with Crippen molar-refractivity contribution in [2.75, 3.05) is 0 Å². The van der Waals surface area contributed by atoms with E-state index in [1.807, 2.05) is 6.92 Å². The normalized spacial score (nSPS) is 51.8. The van der Waals surface area contributed by atoms with Gasteiger partial charge in [-0.05, 0) is 99.2 Å². The molecule has 140 valence electrons. The first-order valence-corrected chi connectivity index (χ1v) is 10.5. The van der Waals surface area contributed by atoms with E-state index >= 15 is 0 Å². The number of carbonyl (C=O) groups excluding carboxylic acids is 2. The summed E-state index contributed by atoms with van der Waals surface area (Å²) in [5, 5.41) is 0. The van der Waals surface area contributed by atoms with Crippen molar-refractivity contribution in [2.24, 2.45) is 40.4 Å². The maximum Gasteiger partial charge on any atom is 0.293 e. The molecule has 4 fully saturated rings. The van der Waals surface area contributed by atoms with E-state index in [2.05, 4.69) is 13.8 Å². The van der Waals surface area contributed by atoms with Gasteiger partial charge in [0, 0.05) is 5.92 Å². The van der Waals surface area contributed by atoms with Crippen LogP contribution in [0.4, 0.5) is 0 Å². The van der Waals surface area contributed by atoms with Crippen LogP contribution in [0, 0.1) is 40.4 Å². The van der Waals surface area contributed by atoms with Crippen LogP contribution in [0.15, 0.2) is 0 Å². The lowest BCUT2D eigenvalue weighted by Gasteiger charge is -2.61.